The van der Waals surface area contributed by atoms with Gasteiger partial charge >= 0.3 is 0 Å². The molecule has 0 spiro atoms. The van der Waals surface area contributed by atoms with E-state index in [1.54, 1.807) is 0 Å². The van der Waals surface area contributed by atoms with Crippen molar-refractivity contribution in [3.8, 4) is 0 Å². The number of hydrogen-bond acceptors (Lipinski definition) is 3. The molecule has 0 bridgehead atoms. The van der Waals surface area contributed by atoms with Crippen LogP contribution in [0.15, 0.2) is 18.2 Å². The summed E-state index contributed by atoms with van der Waals surface area (Å²) < 4.78 is 2.13. The Morgan fingerprint density at radius 2 is 2.19 bits per heavy atom. The Bertz CT molecular complexity index is 501. The minimum atomic E-state index is 0.765. The molecule has 4 nitrogen and oxygen atoms in total. The standard InChI is InChI=1S/C12H18N4/c1-4-15(2)8-12-14-10-7-9(13)5-6-11(10)16(12)3/h5-7H,4,8,13H2,1-3H3. The summed E-state index contributed by atoms with van der Waals surface area (Å²) in [5, 5.41) is 0. The summed E-state index contributed by atoms with van der Waals surface area (Å²) in [6.45, 7) is 4.02. The number of fused-ring (bicyclic) bond motifs is 1. The molecule has 0 saturated carbocycles. The number of rotatable bonds is 3. The number of aromatic nitrogens is 2. The second-order valence-corrected chi connectivity index (χ2v) is 4.17. The van der Waals surface area contributed by atoms with Gasteiger partial charge in [0.1, 0.15) is 5.82 Å². The smallest absolute Gasteiger partial charge is 0.123 e. The van der Waals surface area contributed by atoms with Crippen molar-refractivity contribution in [1.29, 1.82) is 0 Å². The lowest BCUT2D eigenvalue weighted by molar-refractivity contribution is 0.333. The molecule has 0 unspecified atom stereocenters. The number of hydrogen-bond donors (Lipinski definition) is 1. The van der Waals surface area contributed by atoms with E-state index < -0.39 is 0 Å². The summed E-state index contributed by atoms with van der Waals surface area (Å²) in [5.74, 6) is 1.07. The zero-order valence-corrected chi connectivity index (χ0v) is 10.1. The Hall–Kier alpha value is -1.55. The third-order valence-electron chi connectivity index (χ3n) is 2.95. The van der Waals surface area contributed by atoms with E-state index in [1.807, 2.05) is 25.2 Å². The van der Waals surface area contributed by atoms with Crippen LogP contribution in [0.4, 0.5) is 5.69 Å². The predicted octanol–water partition coefficient (Wildman–Crippen LogP) is 1.61. The molecule has 0 aliphatic heterocycles. The zero-order valence-electron chi connectivity index (χ0n) is 10.1. The van der Waals surface area contributed by atoms with Crippen LogP contribution in [0.25, 0.3) is 11.0 Å². The first kappa shape index (κ1) is 11.0. The molecule has 2 N–H and O–H groups in total. The van der Waals surface area contributed by atoms with E-state index in [2.05, 4.69) is 28.4 Å². The Kier molecular flexibility index (Phi) is 2.83. The maximum Gasteiger partial charge on any atom is 0.123 e. The first-order valence-electron chi connectivity index (χ1n) is 5.51. The highest BCUT2D eigenvalue weighted by atomic mass is 15.2. The van der Waals surface area contributed by atoms with E-state index in [4.69, 9.17) is 5.73 Å². The van der Waals surface area contributed by atoms with E-state index in [9.17, 15) is 0 Å². The summed E-state index contributed by atoms with van der Waals surface area (Å²) in [5.41, 5.74) is 8.62. The summed E-state index contributed by atoms with van der Waals surface area (Å²) in [7, 11) is 4.14. The maximum absolute atomic E-state index is 5.75. The fraction of sp³-hybridized carbons (Fsp3) is 0.417. The number of nitrogens with two attached hydrogens (primary N) is 1. The number of benzene rings is 1. The van der Waals surface area contributed by atoms with Crippen LogP contribution in [0.5, 0.6) is 0 Å². The highest BCUT2D eigenvalue weighted by molar-refractivity contribution is 5.79. The molecule has 0 radical (unpaired) electrons. The number of aryl methyl sites for hydroxylation is 1. The molecule has 1 aromatic carbocycles. The van der Waals surface area contributed by atoms with Gasteiger partial charge in [0, 0.05) is 12.7 Å². The molecule has 0 aliphatic carbocycles. The van der Waals surface area contributed by atoms with Crippen LogP contribution in [0.2, 0.25) is 0 Å². The third kappa shape index (κ3) is 1.88. The molecular formula is C12H18N4. The second-order valence-electron chi connectivity index (χ2n) is 4.17. The molecule has 0 fully saturated rings. The zero-order chi connectivity index (χ0) is 11.7. The minimum Gasteiger partial charge on any atom is -0.399 e. The number of nitrogens with zero attached hydrogens (tertiary/aromatic N) is 3. The lowest BCUT2D eigenvalue weighted by Gasteiger charge is -2.12. The molecular weight excluding hydrogens is 200 g/mol. The van der Waals surface area contributed by atoms with Crippen LogP contribution in [-0.4, -0.2) is 28.0 Å². The van der Waals surface area contributed by atoms with E-state index in [-0.39, 0.29) is 0 Å². The van der Waals surface area contributed by atoms with E-state index in [0.717, 1.165) is 35.6 Å². The van der Waals surface area contributed by atoms with Gasteiger partial charge in [-0.2, -0.15) is 0 Å². The van der Waals surface area contributed by atoms with E-state index in [1.165, 1.54) is 0 Å². The predicted molar refractivity (Wildman–Crippen MR) is 67.1 cm³/mol. The van der Waals surface area contributed by atoms with E-state index in [0.29, 0.717) is 0 Å². The molecule has 2 rings (SSSR count). The lowest BCUT2D eigenvalue weighted by atomic mass is 10.3. The third-order valence-corrected chi connectivity index (χ3v) is 2.95. The summed E-state index contributed by atoms with van der Waals surface area (Å²) in [6, 6.07) is 5.86. The summed E-state index contributed by atoms with van der Waals surface area (Å²) >= 11 is 0. The fourth-order valence-corrected chi connectivity index (χ4v) is 1.76. The van der Waals surface area contributed by atoms with E-state index >= 15 is 0 Å². The van der Waals surface area contributed by atoms with Gasteiger partial charge in [-0.05, 0) is 31.8 Å². The van der Waals surface area contributed by atoms with Crippen LogP contribution in [0, 0.1) is 0 Å². The van der Waals surface area contributed by atoms with Crippen molar-refractivity contribution >= 4 is 16.7 Å². The normalized spacial score (nSPS) is 11.5. The van der Waals surface area contributed by atoms with Gasteiger partial charge in [-0.25, -0.2) is 4.98 Å². The van der Waals surface area contributed by atoms with Crippen LogP contribution in [-0.2, 0) is 13.6 Å². The molecule has 2 aromatic rings. The number of anilines is 1. The summed E-state index contributed by atoms with van der Waals surface area (Å²) in [6.07, 6.45) is 0. The first-order valence-corrected chi connectivity index (χ1v) is 5.51. The molecule has 1 aromatic heterocycles. The molecule has 1 heterocycles. The van der Waals surface area contributed by atoms with Crippen molar-refractivity contribution < 1.29 is 0 Å². The Balaban J connectivity index is 2.43. The van der Waals surface area contributed by atoms with Gasteiger partial charge in [0.2, 0.25) is 0 Å². The van der Waals surface area contributed by atoms with Crippen molar-refractivity contribution in [3.05, 3.63) is 24.0 Å². The van der Waals surface area contributed by atoms with Crippen LogP contribution < -0.4 is 5.73 Å². The molecule has 4 heteroatoms. The van der Waals surface area contributed by atoms with Gasteiger partial charge in [0.05, 0.1) is 17.6 Å². The Labute approximate surface area is 95.7 Å². The van der Waals surface area contributed by atoms with Crippen molar-refractivity contribution in [3.63, 3.8) is 0 Å². The van der Waals surface area contributed by atoms with Crippen molar-refractivity contribution in [1.82, 2.24) is 14.5 Å². The van der Waals surface area contributed by atoms with Gasteiger partial charge in [0.25, 0.3) is 0 Å². The quantitative estimate of drug-likeness (QED) is 0.796. The first-order chi connectivity index (χ1) is 7.61. The van der Waals surface area contributed by atoms with Crippen LogP contribution in [0.1, 0.15) is 12.7 Å². The van der Waals surface area contributed by atoms with Gasteiger partial charge in [-0.15, -0.1) is 0 Å². The minimum absolute atomic E-state index is 0.765. The monoisotopic (exact) mass is 218 g/mol. The maximum atomic E-state index is 5.75. The van der Waals surface area contributed by atoms with Crippen molar-refractivity contribution in [2.24, 2.45) is 7.05 Å². The molecule has 0 aliphatic rings. The van der Waals surface area contributed by atoms with Gasteiger partial charge < -0.3 is 10.3 Å². The molecule has 0 saturated heterocycles. The average Bonchev–Trinajstić information content (AvgIpc) is 2.55. The Morgan fingerprint density at radius 3 is 2.88 bits per heavy atom. The number of imidazole rings is 1. The topological polar surface area (TPSA) is 47.1 Å². The molecule has 0 amide bonds. The van der Waals surface area contributed by atoms with Crippen molar-refractivity contribution in [2.75, 3.05) is 19.3 Å². The number of nitrogen functional groups attached to an aromatic ring is 1. The highest BCUT2D eigenvalue weighted by Gasteiger charge is 2.08. The SMILES string of the molecule is CCN(C)Cc1nc2cc(N)ccc2n1C. The van der Waals surface area contributed by atoms with Gasteiger partial charge in [0.15, 0.2) is 0 Å². The highest BCUT2D eigenvalue weighted by Crippen LogP contribution is 2.18. The van der Waals surface area contributed by atoms with Gasteiger partial charge in [-0.1, -0.05) is 6.92 Å². The second kappa shape index (κ2) is 4.14. The molecule has 16 heavy (non-hydrogen) atoms. The average molecular weight is 218 g/mol. The lowest BCUT2D eigenvalue weighted by Crippen LogP contribution is -2.19. The summed E-state index contributed by atoms with van der Waals surface area (Å²) in [4.78, 5) is 6.83. The molecule has 0 atom stereocenters. The van der Waals surface area contributed by atoms with Crippen LogP contribution in [0.3, 0.4) is 0 Å². The largest absolute Gasteiger partial charge is 0.399 e. The Morgan fingerprint density at radius 1 is 1.44 bits per heavy atom. The molecule has 86 valence electrons. The van der Waals surface area contributed by atoms with Gasteiger partial charge in [-0.3, -0.25) is 4.90 Å². The fourth-order valence-electron chi connectivity index (χ4n) is 1.76. The van der Waals surface area contributed by atoms with Crippen molar-refractivity contribution in [2.45, 2.75) is 13.5 Å². The van der Waals surface area contributed by atoms with Crippen LogP contribution >= 0.6 is 0 Å².